The third kappa shape index (κ3) is 2.24. The summed E-state index contributed by atoms with van der Waals surface area (Å²) in [6.07, 6.45) is 1.72. The number of nitrogens with zero attached hydrogens (tertiary/aromatic N) is 3. The van der Waals surface area contributed by atoms with E-state index in [1.807, 2.05) is 0 Å². The number of piperazine rings is 1. The monoisotopic (exact) mass is 221 g/mol. The average molecular weight is 221 g/mol. The van der Waals surface area contributed by atoms with Crippen LogP contribution in [-0.4, -0.2) is 36.1 Å². The normalized spacial score (nSPS) is 16.8. The van der Waals surface area contributed by atoms with Crippen molar-refractivity contribution >= 4 is 11.6 Å². The third-order valence-corrected chi connectivity index (χ3v) is 2.78. The topological polar surface area (TPSA) is 67.1 Å². The zero-order valence-electron chi connectivity index (χ0n) is 9.90. The van der Waals surface area contributed by atoms with Gasteiger partial charge in [0.05, 0.1) is 17.6 Å². The lowest BCUT2D eigenvalue weighted by atomic mass is 10.1. The highest BCUT2D eigenvalue weighted by atomic mass is 15.3. The molecule has 0 bridgehead atoms. The average Bonchev–Trinajstić information content (AvgIpc) is 2.30. The maximum Gasteiger partial charge on any atom is 0.225 e. The third-order valence-electron chi connectivity index (χ3n) is 2.78. The second kappa shape index (κ2) is 4.65. The maximum atomic E-state index is 5.86. The van der Waals surface area contributed by atoms with E-state index in [1.165, 1.54) is 0 Å². The van der Waals surface area contributed by atoms with Crippen molar-refractivity contribution in [2.45, 2.75) is 19.8 Å². The van der Waals surface area contributed by atoms with Crippen LogP contribution in [0.1, 0.15) is 25.5 Å². The number of nitrogens with one attached hydrogen (secondary N) is 1. The largest absolute Gasteiger partial charge is 0.396 e. The van der Waals surface area contributed by atoms with Crippen LogP contribution < -0.4 is 16.0 Å². The van der Waals surface area contributed by atoms with Gasteiger partial charge in [-0.2, -0.15) is 0 Å². The first-order valence-electron chi connectivity index (χ1n) is 5.76. The molecule has 1 aromatic rings. The molecule has 0 radical (unpaired) electrons. The number of rotatable bonds is 2. The fraction of sp³-hybridized carbons (Fsp3) is 0.636. The first-order chi connectivity index (χ1) is 7.68. The highest BCUT2D eigenvalue weighted by Gasteiger charge is 2.15. The molecule has 0 aromatic carbocycles. The van der Waals surface area contributed by atoms with Gasteiger partial charge in [0.15, 0.2) is 0 Å². The maximum absolute atomic E-state index is 5.86. The van der Waals surface area contributed by atoms with Gasteiger partial charge in [-0.25, -0.2) is 9.97 Å². The fourth-order valence-electron chi connectivity index (χ4n) is 1.87. The number of nitrogens with two attached hydrogens (primary N) is 1. The quantitative estimate of drug-likeness (QED) is 0.765. The Bertz CT molecular complexity index is 357. The Balaban J connectivity index is 2.24. The van der Waals surface area contributed by atoms with Crippen molar-refractivity contribution in [3.05, 3.63) is 11.9 Å². The first kappa shape index (κ1) is 11.1. The molecular weight excluding hydrogens is 202 g/mol. The van der Waals surface area contributed by atoms with E-state index in [2.05, 4.69) is 34.0 Å². The highest BCUT2D eigenvalue weighted by Crippen LogP contribution is 2.21. The highest BCUT2D eigenvalue weighted by molar-refractivity contribution is 5.46. The van der Waals surface area contributed by atoms with Crippen LogP contribution in [0.5, 0.6) is 0 Å². The summed E-state index contributed by atoms with van der Waals surface area (Å²) < 4.78 is 0. The van der Waals surface area contributed by atoms with E-state index in [4.69, 9.17) is 5.73 Å². The molecule has 0 atom stereocenters. The molecule has 0 amide bonds. The van der Waals surface area contributed by atoms with Crippen molar-refractivity contribution in [3.63, 3.8) is 0 Å². The Morgan fingerprint density at radius 3 is 2.69 bits per heavy atom. The van der Waals surface area contributed by atoms with E-state index < -0.39 is 0 Å². The fourth-order valence-corrected chi connectivity index (χ4v) is 1.87. The number of nitrogen functional groups attached to an aromatic ring is 1. The molecule has 0 unspecified atom stereocenters. The number of aromatic nitrogens is 2. The summed E-state index contributed by atoms with van der Waals surface area (Å²) in [6.45, 7) is 8.10. The molecule has 3 N–H and O–H groups in total. The molecule has 1 fully saturated rings. The Labute approximate surface area is 96.1 Å². The van der Waals surface area contributed by atoms with Gasteiger partial charge in [-0.1, -0.05) is 13.8 Å². The lowest BCUT2D eigenvalue weighted by Gasteiger charge is -2.27. The minimum Gasteiger partial charge on any atom is -0.396 e. The van der Waals surface area contributed by atoms with Gasteiger partial charge in [-0.15, -0.1) is 0 Å². The van der Waals surface area contributed by atoms with Gasteiger partial charge >= 0.3 is 0 Å². The molecule has 2 heterocycles. The molecule has 2 rings (SSSR count). The summed E-state index contributed by atoms with van der Waals surface area (Å²) in [4.78, 5) is 11.1. The molecule has 1 saturated heterocycles. The predicted octanol–water partition coefficient (Wildman–Crippen LogP) is 0.592. The zero-order chi connectivity index (χ0) is 11.5. The predicted molar refractivity (Wildman–Crippen MR) is 65.6 cm³/mol. The van der Waals surface area contributed by atoms with Crippen molar-refractivity contribution in [1.82, 2.24) is 15.3 Å². The van der Waals surface area contributed by atoms with Crippen LogP contribution in [0, 0.1) is 0 Å². The molecule has 5 nitrogen and oxygen atoms in total. The van der Waals surface area contributed by atoms with Crippen molar-refractivity contribution in [3.8, 4) is 0 Å². The molecule has 1 aromatic heterocycles. The molecule has 0 aliphatic carbocycles. The molecule has 1 aliphatic heterocycles. The van der Waals surface area contributed by atoms with Gasteiger partial charge in [0, 0.05) is 26.2 Å². The Hall–Kier alpha value is -1.36. The number of hydrogen-bond donors (Lipinski definition) is 2. The van der Waals surface area contributed by atoms with E-state index >= 15 is 0 Å². The first-order valence-corrected chi connectivity index (χ1v) is 5.76. The second-order valence-electron chi connectivity index (χ2n) is 4.40. The summed E-state index contributed by atoms with van der Waals surface area (Å²) in [5.74, 6) is 1.14. The second-order valence-corrected chi connectivity index (χ2v) is 4.40. The Morgan fingerprint density at radius 1 is 1.38 bits per heavy atom. The van der Waals surface area contributed by atoms with Gasteiger partial charge < -0.3 is 16.0 Å². The summed E-state index contributed by atoms with van der Waals surface area (Å²) in [5.41, 5.74) is 7.50. The van der Waals surface area contributed by atoms with Crippen LogP contribution in [-0.2, 0) is 0 Å². The number of hydrogen-bond acceptors (Lipinski definition) is 5. The van der Waals surface area contributed by atoms with E-state index in [0.717, 1.165) is 37.8 Å². The lowest BCUT2D eigenvalue weighted by molar-refractivity contribution is 0.578. The summed E-state index contributed by atoms with van der Waals surface area (Å²) >= 11 is 0. The summed E-state index contributed by atoms with van der Waals surface area (Å²) in [6, 6.07) is 0. The van der Waals surface area contributed by atoms with Crippen LogP contribution in [0.25, 0.3) is 0 Å². The van der Waals surface area contributed by atoms with Gasteiger partial charge in [0.2, 0.25) is 5.95 Å². The van der Waals surface area contributed by atoms with Gasteiger partial charge in [-0.05, 0) is 5.92 Å². The number of anilines is 2. The van der Waals surface area contributed by atoms with Crippen molar-refractivity contribution < 1.29 is 0 Å². The molecular formula is C11H19N5. The van der Waals surface area contributed by atoms with E-state index in [9.17, 15) is 0 Å². The SMILES string of the molecule is CC(C)c1nc(N2CCNCC2)ncc1N. The minimum absolute atomic E-state index is 0.338. The van der Waals surface area contributed by atoms with E-state index in [1.54, 1.807) is 6.20 Å². The van der Waals surface area contributed by atoms with Crippen LogP contribution in [0.4, 0.5) is 11.6 Å². The molecule has 5 heteroatoms. The van der Waals surface area contributed by atoms with Crippen LogP contribution in [0.3, 0.4) is 0 Å². The molecule has 88 valence electrons. The lowest BCUT2D eigenvalue weighted by Crippen LogP contribution is -2.44. The summed E-state index contributed by atoms with van der Waals surface area (Å²) in [7, 11) is 0. The molecule has 0 spiro atoms. The van der Waals surface area contributed by atoms with Crippen molar-refractivity contribution in [1.29, 1.82) is 0 Å². The van der Waals surface area contributed by atoms with Crippen LogP contribution in [0.2, 0.25) is 0 Å². The Morgan fingerprint density at radius 2 is 2.06 bits per heavy atom. The van der Waals surface area contributed by atoms with Crippen molar-refractivity contribution in [2.75, 3.05) is 36.8 Å². The van der Waals surface area contributed by atoms with Gasteiger partial charge in [-0.3, -0.25) is 0 Å². The van der Waals surface area contributed by atoms with E-state index in [0.29, 0.717) is 11.6 Å². The smallest absolute Gasteiger partial charge is 0.225 e. The van der Waals surface area contributed by atoms with Gasteiger partial charge in [0.25, 0.3) is 0 Å². The Kier molecular flexibility index (Phi) is 3.24. The molecule has 16 heavy (non-hydrogen) atoms. The van der Waals surface area contributed by atoms with Crippen LogP contribution >= 0.6 is 0 Å². The standard InChI is InChI=1S/C11H19N5/c1-8(2)10-9(12)7-14-11(15-10)16-5-3-13-4-6-16/h7-8,13H,3-6,12H2,1-2H3. The summed E-state index contributed by atoms with van der Waals surface area (Å²) in [5, 5.41) is 3.31. The zero-order valence-corrected chi connectivity index (χ0v) is 9.90. The van der Waals surface area contributed by atoms with E-state index in [-0.39, 0.29) is 0 Å². The minimum atomic E-state index is 0.338. The molecule has 0 saturated carbocycles. The van der Waals surface area contributed by atoms with Crippen molar-refractivity contribution in [2.24, 2.45) is 0 Å². The molecule has 1 aliphatic rings. The van der Waals surface area contributed by atoms with Gasteiger partial charge in [0.1, 0.15) is 0 Å². The van der Waals surface area contributed by atoms with Crippen LogP contribution in [0.15, 0.2) is 6.20 Å².